The molecule has 0 N–H and O–H groups in total. The minimum Gasteiger partial charge on any atom is -0.462 e. The molecular weight excluding hydrogens is 949 g/mol. The van der Waals surface area contributed by atoms with Gasteiger partial charge in [0.1, 0.15) is 13.2 Å². The average Bonchev–Trinajstić information content (AvgIpc) is 3.43. The van der Waals surface area contributed by atoms with Crippen LogP contribution < -0.4 is 0 Å². The van der Waals surface area contributed by atoms with E-state index in [9.17, 15) is 14.4 Å². The zero-order valence-electron chi connectivity index (χ0n) is 51.7. The minimum atomic E-state index is -0.784. The zero-order valence-corrected chi connectivity index (χ0v) is 51.7. The van der Waals surface area contributed by atoms with Crippen LogP contribution in [0.15, 0.2) is 48.6 Å². The first-order valence-electron chi connectivity index (χ1n) is 34.1. The lowest BCUT2D eigenvalue weighted by Crippen LogP contribution is -2.30. The Bertz CT molecular complexity index is 1330. The van der Waals surface area contributed by atoms with Crippen molar-refractivity contribution in [2.75, 3.05) is 13.2 Å². The van der Waals surface area contributed by atoms with E-state index in [0.29, 0.717) is 19.3 Å². The first-order chi connectivity index (χ1) is 38.0. The van der Waals surface area contributed by atoms with Crippen LogP contribution >= 0.6 is 0 Å². The molecule has 6 heteroatoms. The van der Waals surface area contributed by atoms with Crippen molar-refractivity contribution in [3.05, 3.63) is 48.6 Å². The summed E-state index contributed by atoms with van der Waals surface area (Å²) in [6.45, 7) is 6.54. The predicted molar refractivity (Wildman–Crippen MR) is 335 cm³/mol. The number of unbranched alkanes of at least 4 members (excludes halogenated alkanes) is 44. The van der Waals surface area contributed by atoms with Crippen molar-refractivity contribution < 1.29 is 28.6 Å². The quantitative estimate of drug-likeness (QED) is 0.0261. The van der Waals surface area contributed by atoms with E-state index < -0.39 is 6.10 Å². The third kappa shape index (κ3) is 64.1. The van der Waals surface area contributed by atoms with E-state index in [1.807, 2.05) is 0 Å². The van der Waals surface area contributed by atoms with Crippen LogP contribution in [0.2, 0.25) is 0 Å². The lowest BCUT2D eigenvalue weighted by Gasteiger charge is -2.18. The number of hydrogen-bond acceptors (Lipinski definition) is 6. The van der Waals surface area contributed by atoms with Gasteiger partial charge in [-0.25, -0.2) is 0 Å². The fraction of sp³-hybridized carbons (Fsp3) is 0.845. The smallest absolute Gasteiger partial charge is 0.306 e. The molecule has 0 aromatic heterocycles. The van der Waals surface area contributed by atoms with Crippen LogP contribution in [0.3, 0.4) is 0 Å². The largest absolute Gasteiger partial charge is 0.462 e. The van der Waals surface area contributed by atoms with Crippen molar-refractivity contribution in [3.8, 4) is 0 Å². The van der Waals surface area contributed by atoms with Gasteiger partial charge >= 0.3 is 17.9 Å². The minimum absolute atomic E-state index is 0.0804. The molecule has 0 saturated heterocycles. The highest BCUT2D eigenvalue weighted by atomic mass is 16.6. The number of hydrogen-bond donors (Lipinski definition) is 0. The SMILES string of the molecule is CC/C=C\C/C=C\C/C=C\CCCCCC(=O)OC(COC(=O)CCCCCCCCCCCCC)COC(=O)CCCCCCCCCCCCCCCCCCCCCCCCC/C=C\CCCCCCCCCC. The average molecular weight is 1080 g/mol. The first kappa shape index (κ1) is 74.4. The Kier molecular flexibility index (Phi) is 63.6. The highest BCUT2D eigenvalue weighted by Gasteiger charge is 2.19. The summed E-state index contributed by atoms with van der Waals surface area (Å²) in [6.07, 6.45) is 83.2. The van der Waals surface area contributed by atoms with Crippen LogP contribution in [0.4, 0.5) is 0 Å². The van der Waals surface area contributed by atoms with Crippen LogP contribution in [0.25, 0.3) is 0 Å². The second-order valence-electron chi connectivity index (χ2n) is 23.1. The highest BCUT2D eigenvalue weighted by Crippen LogP contribution is 2.18. The fourth-order valence-electron chi connectivity index (χ4n) is 10.2. The molecule has 0 aromatic rings. The van der Waals surface area contributed by atoms with Crippen molar-refractivity contribution in [3.63, 3.8) is 0 Å². The molecule has 0 aliphatic carbocycles. The molecule has 0 aliphatic heterocycles. The Morgan fingerprint density at radius 2 is 0.506 bits per heavy atom. The zero-order chi connectivity index (χ0) is 55.7. The van der Waals surface area contributed by atoms with E-state index >= 15 is 0 Å². The summed E-state index contributed by atoms with van der Waals surface area (Å²) >= 11 is 0. The first-order valence-corrected chi connectivity index (χ1v) is 34.1. The van der Waals surface area contributed by atoms with Gasteiger partial charge in [0, 0.05) is 19.3 Å². The van der Waals surface area contributed by atoms with Crippen molar-refractivity contribution in [1.29, 1.82) is 0 Å². The number of carbonyl (C=O) groups is 3. The molecule has 0 saturated carbocycles. The van der Waals surface area contributed by atoms with E-state index in [4.69, 9.17) is 14.2 Å². The number of ether oxygens (including phenoxy) is 3. The molecule has 0 rings (SSSR count). The Morgan fingerprint density at radius 1 is 0.273 bits per heavy atom. The Hall–Kier alpha value is -2.63. The van der Waals surface area contributed by atoms with Crippen molar-refractivity contribution in [2.45, 2.75) is 374 Å². The van der Waals surface area contributed by atoms with Crippen LogP contribution in [-0.2, 0) is 28.6 Å². The molecular formula is C71H130O6. The second kappa shape index (κ2) is 65.9. The van der Waals surface area contributed by atoms with E-state index in [0.717, 1.165) is 83.5 Å². The topological polar surface area (TPSA) is 78.9 Å². The van der Waals surface area contributed by atoms with Gasteiger partial charge in [-0.1, -0.05) is 320 Å². The summed E-state index contributed by atoms with van der Waals surface area (Å²) in [6, 6.07) is 0. The van der Waals surface area contributed by atoms with Crippen molar-refractivity contribution in [1.82, 2.24) is 0 Å². The maximum atomic E-state index is 12.8. The molecule has 0 bridgehead atoms. The normalized spacial score (nSPS) is 12.3. The molecule has 1 unspecified atom stereocenters. The second-order valence-corrected chi connectivity index (χ2v) is 23.1. The summed E-state index contributed by atoms with van der Waals surface area (Å²) in [5.41, 5.74) is 0. The number of allylic oxidation sites excluding steroid dienone is 8. The molecule has 0 aliphatic rings. The van der Waals surface area contributed by atoms with Gasteiger partial charge in [0.25, 0.3) is 0 Å². The van der Waals surface area contributed by atoms with Gasteiger partial charge in [-0.15, -0.1) is 0 Å². The van der Waals surface area contributed by atoms with E-state index in [-0.39, 0.29) is 31.1 Å². The van der Waals surface area contributed by atoms with Gasteiger partial charge in [-0.2, -0.15) is 0 Å². The summed E-state index contributed by atoms with van der Waals surface area (Å²) in [7, 11) is 0. The molecule has 0 aromatic carbocycles. The van der Waals surface area contributed by atoms with Gasteiger partial charge in [0.2, 0.25) is 0 Å². The standard InChI is InChI=1S/C71H130O6/c1-4-7-10-13-16-19-22-24-25-26-27-28-29-30-31-32-33-34-35-36-37-38-39-40-41-42-43-44-45-47-49-52-55-58-61-64-70(73)76-67-68(66-75-69(72)63-60-57-54-51-48-21-18-15-12-9-6-3)77-71(74)65-62-59-56-53-50-46-23-20-17-14-11-8-5-2/h8,11,17,20,26-27,46,50,68H,4-7,9-10,12-16,18-19,21-25,28-45,47-49,51-67H2,1-3H3/b11-8-,20-17-,27-26-,50-46-. The number of rotatable bonds is 63. The molecule has 450 valence electrons. The number of esters is 3. The highest BCUT2D eigenvalue weighted by molar-refractivity contribution is 5.71. The summed E-state index contributed by atoms with van der Waals surface area (Å²) < 4.78 is 16.9. The molecule has 0 radical (unpaired) electrons. The van der Waals surface area contributed by atoms with E-state index in [1.54, 1.807) is 0 Å². The van der Waals surface area contributed by atoms with Crippen molar-refractivity contribution >= 4 is 17.9 Å². The Balaban J connectivity index is 3.99. The van der Waals surface area contributed by atoms with Crippen molar-refractivity contribution in [2.24, 2.45) is 0 Å². The lowest BCUT2D eigenvalue weighted by molar-refractivity contribution is -0.167. The maximum Gasteiger partial charge on any atom is 0.306 e. The van der Waals surface area contributed by atoms with E-state index in [2.05, 4.69) is 69.4 Å². The van der Waals surface area contributed by atoms with Crippen LogP contribution in [0.5, 0.6) is 0 Å². The van der Waals surface area contributed by atoms with Crippen LogP contribution in [0.1, 0.15) is 367 Å². The molecule has 0 heterocycles. The van der Waals surface area contributed by atoms with Gasteiger partial charge in [0.15, 0.2) is 6.10 Å². The molecule has 77 heavy (non-hydrogen) atoms. The summed E-state index contributed by atoms with van der Waals surface area (Å²) in [5.74, 6) is -0.892. The van der Waals surface area contributed by atoms with Gasteiger partial charge in [0.05, 0.1) is 0 Å². The molecule has 0 spiro atoms. The Labute approximate surface area is 479 Å². The van der Waals surface area contributed by atoms with Crippen LogP contribution in [-0.4, -0.2) is 37.2 Å². The third-order valence-electron chi connectivity index (χ3n) is 15.3. The fourth-order valence-corrected chi connectivity index (χ4v) is 10.2. The maximum absolute atomic E-state index is 12.8. The van der Waals surface area contributed by atoms with Crippen LogP contribution in [0, 0.1) is 0 Å². The summed E-state index contributed by atoms with van der Waals surface area (Å²) in [4.78, 5) is 38.2. The lowest BCUT2D eigenvalue weighted by atomic mass is 10.0. The monoisotopic (exact) mass is 1080 g/mol. The Morgan fingerprint density at radius 3 is 0.818 bits per heavy atom. The third-order valence-corrected chi connectivity index (χ3v) is 15.3. The van der Waals surface area contributed by atoms with E-state index in [1.165, 1.54) is 244 Å². The molecule has 1 atom stereocenters. The van der Waals surface area contributed by atoms with Gasteiger partial charge < -0.3 is 14.2 Å². The molecule has 0 fully saturated rings. The molecule has 6 nitrogen and oxygen atoms in total. The molecule has 0 amide bonds. The summed E-state index contributed by atoms with van der Waals surface area (Å²) in [5, 5.41) is 0. The number of carbonyl (C=O) groups excluding carboxylic acids is 3. The predicted octanol–water partition coefficient (Wildman–Crippen LogP) is 23.3. The van der Waals surface area contributed by atoms with Gasteiger partial charge in [-0.3, -0.25) is 14.4 Å². The van der Waals surface area contributed by atoms with Gasteiger partial charge in [-0.05, 0) is 77.0 Å².